The number of amides is 1. The number of halogens is 3. The highest BCUT2D eigenvalue weighted by Crippen LogP contribution is 2.34. The first kappa shape index (κ1) is 19.5. The molecule has 5 nitrogen and oxygen atoms in total. The Morgan fingerprint density at radius 2 is 1.77 bits per heavy atom. The molecule has 0 atom stereocenters. The zero-order valence-corrected chi connectivity index (χ0v) is 14.3. The second-order valence-corrected chi connectivity index (χ2v) is 7.26. The summed E-state index contributed by atoms with van der Waals surface area (Å²) in [6, 6.07) is 7.68. The van der Waals surface area contributed by atoms with Crippen molar-refractivity contribution in [2.24, 2.45) is 0 Å². The number of nitrogens with one attached hydrogen (secondary N) is 1. The fraction of sp³-hybridized carbons (Fsp3) is 0.118. The van der Waals surface area contributed by atoms with Gasteiger partial charge in [0.25, 0.3) is 0 Å². The Bertz CT molecular complexity index is 935. The van der Waals surface area contributed by atoms with Crippen molar-refractivity contribution < 1.29 is 31.1 Å². The summed E-state index contributed by atoms with van der Waals surface area (Å²) in [5, 5.41) is 2.40. The molecule has 1 amide bonds. The largest absolute Gasteiger partial charge is 0.455 e. The van der Waals surface area contributed by atoms with Crippen molar-refractivity contribution in [1.82, 2.24) is 0 Å². The van der Waals surface area contributed by atoms with Crippen molar-refractivity contribution in [3.8, 4) is 11.5 Å². The highest BCUT2D eigenvalue weighted by Gasteiger charge is 2.30. The number of carbonyl (C=O) groups excluding carboxylic acids is 1. The fourth-order valence-corrected chi connectivity index (χ4v) is 2.60. The molecule has 1 N–H and O–H groups in total. The number of hydrogen-bond acceptors (Lipinski definition) is 4. The summed E-state index contributed by atoms with van der Waals surface area (Å²) in [6.07, 6.45) is -2.49. The smallest absolute Gasteiger partial charge is 0.416 e. The molecule has 2 rings (SSSR count). The van der Waals surface area contributed by atoms with Crippen molar-refractivity contribution in [2.75, 3.05) is 11.6 Å². The molecule has 0 aliphatic heterocycles. The maximum atomic E-state index is 12.6. The van der Waals surface area contributed by atoms with E-state index < -0.39 is 27.5 Å². The van der Waals surface area contributed by atoms with Crippen LogP contribution >= 0.6 is 0 Å². The van der Waals surface area contributed by atoms with Crippen LogP contribution in [0.5, 0.6) is 11.5 Å². The molecular formula is C17H14F3NO4S. The van der Waals surface area contributed by atoms with E-state index in [-0.39, 0.29) is 22.1 Å². The Kier molecular flexibility index (Phi) is 5.41. The first-order valence-corrected chi connectivity index (χ1v) is 9.02. The van der Waals surface area contributed by atoms with Crippen LogP contribution in [0, 0.1) is 0 Å². The van der Waals surface area contributed by atoms with E-state index in [1.165, 1.54) is 18.2 Å². The van der Waals surface area contributed by atoms with Gasteiger partial charge in [-0.15, -0.1) is 0 Å². The summed E-state index contributed by atoms with van der Waals surface area (Å²) in [7, 11) is -3.54. The minimum absolute atomic E-state index is 0.0396. The van der Waals surface area contributed by atoms with E-state index in [0.717, 1.165) is 36.6 Å². The van der Waals surface area contributed by atoms with Crippen molar-refractivity contribution in [3.05, 3.63) is 60.7 Å². The topological polar surface area (TPSA) is 72.5 Å². The lowest BCUT2D eigenvalue weighted by molar-refractivity contribution is -0.137. The standard InChI is InChI=1S/C17H14F3NO4S/c1-3-16(22)21-14-10-13(26(2,23)24)8-9-15(14)25-12-6-4-11(5-7-12)17(18,19)20/h3-10H,1H2,2H3,(H,21,22). The molecule has 2 aromatic carbocycles. The van der Waals surface area contributed by atoms with Crippen LogP contribution in [0.3, 0.4) is 0 Å². The lowest BCUT2D eigenvalue weighted by atomic mass is 10.2. The molecule has 9 heteroatoms. The number of hydrogen-bond donors (Lipinski definition) is 1. The van der Waals surface area contributed by atoms with Crippen LogP contribution in [0.15, 0.2) is 60.0 Å². The summed E-state index contributed by atoms with van der Waals surface area (Å²) in [6.45, 7) is 3.30. The summed E-state index contributed by atoms with van der Waals surface area (Å²) in [4.78, 5) is 11.5. The molecule has 0 fully saturated rings. The van der Waals surface area contributed by atoms with E-state index in [4.69, 9.17) is 4.74 Å². The zero-order valence-electron chi connectivity index (χ0n) is 13.5. The fourth-order valence-electron chi connectivity index (χ4n) is 1.95. The molecule has 0 spiro atoms. The lowest BCUT2D eigenvalue weighted by Crippen LogP contribution is -2.09. The molecule has 0 aliphatic rings. The minimum Gasteiger partial charge on any atom is -0.455 e. The average Bonchev–Trinajstić information content (AvgIpc) is 2.55. The van der Waals surface area contributed by atoms with Crippen molar-refractivity contribution in [2.45, 2.75) is 11.1 Å². The minimum atomic E-state index is -4.47. The molecule has 0 saturated heterocycles. The molecule has 0 heterocycles. The number of alkyl halides is 3. The number of benzene rings is 2. The summed E-state index contributed by atoms with van der Waals surface area (Å²) in [5.74, 6) is -0.459. The van der Waals surface area contributed by atoms with Crippen LogP contribution in [0.1, 0.15) is 5.56 Å². The van der Waals surface area contributed by atoms with Gasteiger partial charge in [-0.05, 0) is 48.5 Å². The quantitative estimate of drug-likeness (QED) is 0.789. The van der Waals surface area contributed by atoms with Crippen LogP contribution in [0.4, 0.5) is 18.9 Å². The summed E-state index contributed by atoms with van der Waals surface area (Å²) in [5.41, 5.74) is -0.796. The van der Waals surface area contributed by atoms with E-state index in [1.54, 1.807) is 0 Å². The van der Waals surface area contributed by atoms with Gasteiger partial charge >= 0.3 is 6.18 Å². The van der Waals surface area contributed by atoms with Gasteiger partial charge in [-0.2, -0.15) is 13.2 Å². The van der Waals surface area contributed by atoms with E-state index in [9.17, 15) is 26.4 Å². The molecule has 2 aromatic rings. The molecule has 0 aliphatic carbocycles. The Hall–Kier alpha value is -2.81. The van der Waals surface area contributed by atoms with Gasteiger partial charge in [0.1, 0.15) is 5.75 Å². The van der Waals surface area contributed by atoms with Crippen LogP contribution in [0.25, 0.3) is 0 Å². The van der Waals surface area contributed by atoms with E-state index in [1.807, 2.05) is 0 Å². The zero-order chi connectivity index (χ0) is 19.5. The van der Waals surface area contributed by atoms with Gasteiger partial charge in [-0.25, -0.2) is 8.42 Å². The van der Waals surface area contributed by atoms with Crippen LogP contribution in [-0.2, 0) is 20.8 Å². The highest BCUT2D eigenvalue weighted by atomic mass is 32.2. The van der Waals surface area contributed by atoms with E-state index >= 15 is 0 Å². The first-order chi connectivity index (χ1) is 12.0. The molecular weight excluding hydrogens is 371 g/mol. The average molecular weight is 385 g/mol. The summed E-state index contributed by atoms with van der Waals surface area (Å²) < 4.78 is 66.6. The predicted octanol–water partition coefficient (Wildman–Crippen LogP) is 4.03. The monoisotopic (exact) mass is 385 g/mol. The number of sulfone groups is 1. The molecule has 0 unspecified atom stereocenters. The van der Waals surface area contributed by atoms with Gasteiger partial charge in [0.05, 0.1) is 16.1 Å². The molecule has 0 aromatic heterocycles. The molecule has 0 radical (unpaired) electrons. The maximum Gasteiger partial charge on any atom is 0.416 e. The first-order valence-electron chi connectivity index (χ1n) is 7.13. The normalized spacial score (nSPS) is 11.7. The molecule has 0 bridgehead atoms. The third kappa shape index (κ3) is 4.85. The van der Waals surface area contributed by atoms with Crippen molar-refractivity contribution >= 4 is 21.4 Å². The highest BCUT2D eigenvalue weighted by molar-refractivity contribution is 7.90. The second-order valence-electron chi connectivity index (χ2n) is 5.25. The SMILES string of the molecule is C=CC(=O)Nc1cc(S(C)(=O)=O)ccc1Oc1ccc(C(F)(F)F)cc1. The number of ether oxygens (including phenoxy) is 1. The van der Waals surface area contributed by atoms with Crippen molar-refractivity contribution in [3.63, 3.8) is 0 Å². The summed E-state index contributed by atoms with van der Waals surface area (Å²) >= 11 is 0. The van der Waals surface area contributed by atoms with Crippen LogP contribution in [0.2, 0.25) is 0 Å². The van der Waals surface area contributed by atoms with Gasteiger partial charge in [-0.3, -0.25) is 4.79 Å². The van der Waals surface area contributed by atoms with Crippen LogP contribution in [-0.4, -0.2) is 20.6 Å². The Balaban J connectivity index is 2.38. The maximum absolute atomic E-state index is 12.6. The van der Waals surface area contributed by atoms with E-state index in [2.05, 4.69) is 11.9 Å². The number of rotatable bonds is 5. The van der Waals surface area contributed by atoms with Gasteiger partial charge in [-0.1, -0.05) is 6.58 Å². The lowest BCUT2D eigenvalue weighted by Gasteiger charge is -2.13. The Labute approximate surface area is 148 Å². The van der Waals surface area contributed by atoms with Gasteiger partial charge < -0.3 is 10.1 Å². The third-order valence-corrected chi connectivity index (χ3v) is 4.34. The molecule has 26 heavy (non-hydrogen) atoms. The Morgan fingerprint density at radius 1 is 1.15 bits per heavy atom. The number of carbonyl (C=O) groups is 1. The Morgan fingerprint density at radius 3 is 2.27 bits per heavy atom. The van der Waals surface area contributed by atoms with Gasteiger partial charge in [0.15, 0.2) is 15.6 Å². The van der Waals surface area contributed by atoms with Gasteiger partial charge in [0.2, 0.25) is 5.91 Å². The molecule has 138 valence electrons. The van der Waals surface area contributed by atoms with E-state index in [0.29, 0.717) is 0 Å². The second kappa shape index (κ2) is 7.20. The predicted molar refractivity (Wildman–Crippen MR) is 89.9 cm³/mol. The number of anilines is 1. The van der Waals surface area contributed by atoms with Crippen LogP contribution < -0.4 is 10.1 Å². The van der Waals surface area contributed by atoms with Gasteiger partial charge in [0, 0.05) is 6.26 Å². The van der Waals surface area contributed by atoms with Crippen molar-refractivity contribution in [1.29, 1.82) is 0 Å². The molecule has 0 saturated carbocycles. The third-order valence-electron chi connectivity index (χ3n) is 3.23.